The zero-order chi connectivity index (χ0) is 16.9. The van der Waals surface area contributed by atoms with E-state index in [1.54, 1.807) is 0 Å². The summed E-state index contributed by atoms with van der Waals surface area (Å²) in [5.74, 6) is -0.00282. The largest absolute Gasteiger partial charge is 0.301 e. The van der Waals surface area contributed by atoms with Crippen molar-refractivity contribution in [1.82, 2.24) is 14.8 Å². The van der Waals surface area contributed by atoms with Crippen LogP contribution in [0.1, 0.15) is 6.92 Å². The highest BCUT2D eigenvalue weighted by molar-refractivity contribution is 7.14. The fourth-order valence-corrected chi connectivity index (χ4v) is 3.57. The van der Waals surface area contributed by atoms with Gasteiger partial charge in [-0.1, -0.05) is 30.7 Å². The van der Waals surface area contributed by atoms with Crippen molar-refractivity contribution in [3.05, 3.63) is 34.7 Å². The van der Waals surface area contributed by atoms with Crippen LogP contribution in [0.4, 0.5) is 5.13 Å². The highest BCUT2D eigenvalue weighted by Gasteiger charge is 2.18. The third-order valence-corrected chi connectivity index (χ3v) is 5.18. The topological polar surface area (TPSA) is 48.5 Å². The van der Waals surface area contributed by atoms with Gasteiger partial charge in [-0.3, -0.25) is 9.69 Å². The number of piperazine rings is 1. The third-order valence-electron chi connectivity index (χ3n) is 4.17. The van der Waals surface area contributed by atoms with Gasteiger partial charge in [0.15, 0.2) is 5.13 Å². The van der Waals surface area contributed by atoms with Gasteiger partial charge in [-0.05, 0) is 18.7 Å². The molecule has 0 unspecified atom stereocenters. The number of hydrogen-bond donors (Lipinski definition) is 1. The van der Waals surface area contributed by atoms with Crippen molar-refractivity contribution in [1.29, 1.82) is 0 Å². The summed E-state index contributed by atoms with van der Waals surface area (Å²) in [5, 5.41) is 6.18. The average Bonchev–Trinajstić information content (AvgIpc) is 3.04. The van der Waals surface area contributed by atoms with E-state index in [1.165, 1.54) is 11.3 Å². The highest BCUT2D eigenvalue weighted by Crippen LogP contribution is 2.25. The molecule has 3 rings (SSSR count). The first kappa shape index (κ1) is 17.4. The predicted octanol–water partition coefficient (Wildman–Crippen LogP) is 3.04. The summed E-state index contributed by atoms with van der Waals surface area (Å²) in [4.78, 5) is 21.3. The summed E-state index contributed by atoms with van der Waals surface area (Å²) in [6.45, 7) is 7.61. The van der Waals surface area contributed by atoms with E-state index < -0.39 is 0 Å². The minimum atomic E-state index is -0.00282. The lowest BCUT2D eigenvalue weighted by atomic mass is 10.2. The molecule has 1 fully saturated rings. The number of halogens is 1. The van der Waals surface area contributed by atoms with Crippen molar-refractivity contribution in [3.8, 4) is 11.3 Å². The van der Waals surface area contributed by atoms with Gasteiger partial charge in [0.05, 0.1) is 12.2 Å². The number of aromatic nitrogens is 1. The molecule has 0 aliphatic carbocycles. The molecule has 0 atom stereocenters. The Hall–Kier alpha value is -1.47. The number of thiazole rings is 1. The van der Waals surface area contributed by atoms with E-state index in [-0.39, 0.29) is 5.91 Å². The van der Waals surface area contributed by atoms with Gasteiger partial charge in [0.1, 0.15) is 0 Å². The number of carbonyl (C=O) groups is 1. The molecule has 1 aromatic carbocycles. The first-order chi connectivity index (χ1) is 11.6. The van der Waals surface area contributed by atoms with Crippen molar-refractivity contribution in [3.63, 3.8) is 0 Å². The molecule has 5 nitrogen and oxygen atoms in total. The Bertz CT molecular complexity index is 680. The first-order valence-corrected chi connectivity index (χ1v) is 9.36. The average molecular weight is 365 g/mol. The molecule has 0 radical (unpaired) electrons. The lowest BCUT2D eigenvalue weighted by Gasteiger charge is -2.33. The number of likely N-dealkylation sites (N-methyl/N-ethyl adjacent to an activating group) is 1. The number of carbonyl (C=O) groups excluding carboxylic acids is 1. The standard InChI is InChI=1S/C17H21ClN4OS/c1-2-21-7-9-22(10-8-21)11-16(23)20-17-19-15(12-24-17)13-3-5-14(18)6-4-13/h3-6,12H,2,7-11H2,1H3,(H,19,20,23). The molecular formula is C17H21ClN4OS. The summed E-state index contributed by atoms with van der Waals surface area (Å²) >= 11 is 7.34. The van der Waals surface area contributed by atoms with Gasteiger partial charge in [-0.2, -0.15) is 0 Å². The maximum absolute atomic E-state index is 12.2. The Morgan fingerprint density at radius 2 is 1.88 bits per heavy atom. The third kappa shape index (κ3) is 4.54. The summed E-state index contributed by atoms with van der Waals surface area (Å²) < 4.78 is 0. The highest BCUT2D eigenvalue weighted by atomic mass is 35.5. The van der Waals surface area contributed by atoms with Crippen LogP contribution in [0.2, 0.25) is 5.02 Å². The Kier molecular flexibility index (Phi) is 5.84. The van der Waals surface area contributed by atoms with Crippen molar-refractivity contribution in [2.24, 2.45) is 0 Å². The molecule has 0 spiro atoms. The summed E-state index contributed by atoms with van der Waals surface area (Å²) in [6, 6.07) is 7.53. The Morgan fingerprint density at radius 1 is 1.21 bits per heavy atom. The minimum absolute atomic E-state index is 0.00282. The number of nitrogens with one attached hydrogen (secondary N) is 1. The van der Waals surface area contributed by atoms with Gasteiger partial charge in [0.2, 0.25) is 5.91 Å². The number of amides is 1. The van der Waals surface area contributed by atoms with Crippen LogP contribution in [0.25, 0.3) is 11.3 Å². The molecule has 0 bridgehead atoms. The molecule has 2 aromatic rings. The number of nitrogens with zero attached hydrogens (tertiary/aromatic N) is 3. The number of benzene rings is 1. The molecule has 128 valence electrons. The quantitative estimate of drug-likeness (QED) is 0.885. The Balaban J connectivity index is 1.53. The second-order valence-electron chi connectivity index (χ2n) is 5.80. The van der Waals surface area contributed by atoms with Crippen molar-refractivity contribution in [2.45, 2.75) is 6.92 Å². The number of hydrogen-bond acceptors (Lipinski definition) is 5. The van der Waals surface area contributed by atoms with E-state index >= 15 is 0 Å². The van der Waals surface area contributed by atoms with E-state index in [0.29, 0.717) is 16.7 Å². The molecule has 1 aromatic heterocycles. The van der Waals surface area contributed by atoms with Crippen LogP contribution < -0.4 is 5.32 Å². The fourth-order valence-electron chi connectivity index (χ4n) is 2.71. The first-order valence-electron chi connectivity index (χ1n) is 8.10. The lowest BCUT2D eigenvalue weighted by molar-refractivity contribution is -0.117. The summed E-state index contributed by atoms with van der Waals surface area (Å²) in [7, 11) is 0. The fraction of sp³-hybridized carbons (Fsp3) is 0.412. The molecule has 2 heterocycles. The Labute approximate surface area is 151 Å². The zero-order valence-corrected chi connectivity index (χ0v) is 15.2. The van der Waals surface area contributed by atoms with Gasteiger partial charge in [0, 0.05) is 42.1 Å². The van der Waals surface area contributed by atoms with Crippen molar-refractivity contribution < 1.29 is 4.79 Å². The minimum Gasteiger partial charge on any atom is -0.301 e. The van der Waals surface area contributed by atoms with E-state index in [2.05, 4.69) is 27.0 Å². The van der Waals surface area contributed by atoms with Gasteiger partial charge < -0.3 is 10.2 Å². The zero-order valence-electron chi connectivity index (χ0n) is 13.7. The van der Waals surface area contributed by atoms with E-state index in [4.69, 9.17) is 11.6 Å². The van der Waals surface area contributed by atoms with E-state index in [9.17, 15) is 4.79 Å². The molecule has 1 aliphatic rings. The molecule has 7 heteroatoms. The van der Waals surface area contributed by atoms with Crippen LogP contribution in [0, 0.1) is 0 Å². The monoisotopic (exact) mass is 364 g/mol. The van der Waals surface area contributed by atoms with Crippen molar-refractivity contribution in [2.75, 3.05) is 44.6 Å². The molecule has 0 saturated carbocycles. The Morgan fingerprint density at radius 3 is 2.54 bits per heavy atom. The molecule has 1 aliphatic heterocycles. The summed E-state index contributed by atoms with van der Waals surface area (Å²) in [5.41, 5.74) is 1.84. The molecule has 24 heavy (non-hydrogen) atoms. The predicted molar refractivity (Wildman–Crippen MR) is 99.7 cm³/mol. The second kappa shape index (κ2) is 8.07. The summed E-state index contributed by atoms with van der Waals surface area (Å²) in [6.07, 6.45) is 0. The van der Waals surface area contributed by atoms with Crippen LogP contribution in [-0.4, -0.2) is 60.0 Å². The normalized spacial score (nSPS) is 16.2. The van der Waals surface area contributed by atoms with E-state index in [1.807, 2.05) is 29.6 Å². The maximum atomic E-state index is 12.2. The van der Waals surface area contributed by atoms with Crippen LogP contribution in [0.3, 0.4) is 0 Å². The van der Waals surface area contributed by atoms with Crippen LogP contribution >= 0.6 is 22.9 Å². The van der Waals surface area contributed by atoms with Crippen LogP contribution in [0.5, 0.6) is 0 Å². The van der Waals surface area contributed by atoms with Gasteiger partial charge in [-0.25, -0.2) is 4.98 Å². The molecule has 1 N–H and O–H groups in total. The van der Waals surface area contributed by atoms with Crippen molar-refractivity contribution >= 4 is 34.0 Å². The van der Waals surface area contributed by atoms with Gasteiger partial charge >= 0.3 is 0 Å². The molecular weight excluding hydrogens is 344 g/mol. The SMILES string of the molecule is CCN1CCN(CC(=O)Nc2nc(-c3ccc(Cl)cc3)cs2)CC1. The maximum Gasteiger partial charge on any atom is 0.240 e. The molecule has 1 saturated heterocycles. The second-order valence-corrected chi connectivity index (χ2v) is 7.10. The van der Waals surface area contributed by atoms with E-state index in [0.717, 1.165) is 44.0 Å². The number of anilines is 1. The van der Waals surface area contributed by atoms with Crippen LogP contribution in [0.15, 0.2) is 29.6 Å². The van der Waals surface area contributed by atoms with Gasteiger partial charge in [0.25, 0.3) is 0 Å². The smallest absolute Gasteiger partial charge is 0.240 e. The molecule has 1 amide bonds. The number of rotatable bonds is 5. The van der Waals surface area contributed by atoms with Crippen LogP contribution in [-0.2, 0) is 4.79 Å². The lowest BCUT2D eigenvalue weighted by Crippen LogP contribution is -2.48. The van der Waals surface area contributed by atoms with Gasteiger partial charge in [-0.15, -0.1) is 11.3 Å².